The Morgan fingerprint density at radius 2 is 1.88 bits per heavy atom. The van der Waals surface area contributed by atoms with Crippen LogP contribution in [0.15, 0.2) is 46.9 Å². The molecule has 0 amide bonds. The van der Waals surface area contributed by atoms with Gasteiger partial charge in [-0.1, -0.05) is 45.8 Å². The van der Waals surface area contributed by atoms with E-state index >= 15 is 0 Å². The van der Waals surface area contributed by atoms with Crippen molar-refractivity contribution in [2.45, 2.75) is 19.4 Å². The van der Waals surface area contributed by atoms with Gasteiger partial charge in [-0.2, -0.15) is 0 Å². The molecule has 0 spiro atoms. The molecule has 86 valence electrons. The van der Waals surface area contributed by atoms with Gasteiger partial charge in [0.1, 0.15) is 0 Å². The van der Waals surface area contributed by atoms with E-state index in [1.807, 2.05) is 0 Å². The molecule has 0 aromatic heterocycles. The fraction of sp³-hybridized carbons (Fsp3) is 0.200. The highest BCUT2D eigenvalue weighted by Crippen LogP contribution is 2.34. The lowest BCUT2D eigenvalue weighted by Crippen LogP contribution is -2.05. The van der Waals surface area contributed by atoms with Crippen LogP contribution in [0.1, 0.15) is 22.7 Å². The highest BCUT2D eigenvalue weighted by Gasteiger charge is 2.21. The first-order valence-corrected chi connectivity index (χ1v) is 6.63. The van der Waals surface area contributed by atoms with Crippen molar-refractivity contribution in [2.75, 3.05) is 5.32 Å². The Kier molecular flexibility index (Phi) is 2.67. The maximum Gasteiger partial charge on any atom is 0.0555 e. The molecule has 2 aromatic carbocycles. The molecular formula is C15H14BrN. The number of rotatable bonds is 1. The van der Waals surface area contributed by atoms with E-state index in [1.165, 1.54) is 22.4 Å². The summed E-state index contributed by atoms with van der Waals surface area (Å²) < 4.78 is 1.13. The van der Waals surface area contributed by atoms with Crippen LogP contribution in [0.25, 0.3) is 0 Å². The van der Waals surface area contributed by atoms with Gasteiger partial charge < -0.3 is 5.32 Å². The average Bonchev–Trinajstić information content (AvgIpc) is 2.72. The zero-order valence-electron chi connectivity index (χ0n) is 9.70. The van der Waals surface area contributed by atoms with Gasteiger partial charge in [0.25, 0.3) is 0 Å². The number of benzene rings is 2. The summed E-state index contributed by atoms with van der Waals surface area (Å²) in [6, 6.07) is 15.6. The largest absolute Gasteiger partial charge is 0.378 e. The summed E-state index contributed by atoms with van der Waals surface area (Å²) in [6.07, 6.45) is 1.08. The lowest BCUT2D eigenvalue weighted by molar-refractivity contribution is 0.824. The Hall–Kier alpha value is -1.28. The molecule has 0 radical (unpaired) electrons. The average molecular weight is 288 g/mol. The molecule has 0 fully saturated rings. The fourth-order valence-electron chi connectivity index (χ4n) is 2.39. The van der Waals surface area contributed by atoms with Gasteiger partial charge in [-0.3, -0.25) is 0 Å². The second kappa shape index (κ2) is 4.19. The third kappa shape index (κ3) is 2.09. The predicted molar refractivity (Wildman–Crippen MR) is 75.4 cm³/mol. The van der Waals surface area contributed by atoms with Crippen LogP contribution < -0.4 is 5.32 Å². The predicted octanol–water partition coefficient (Wildman–Crippen LogP) is 4.47. The SMILES string of the molecule is Cc1ccc2c(c1)CC(c1ccc(Br)cc1)N2. The van der Waals surface area contributed by atoms with E-state index in [-0.39, 0.29) is 0 Å². The Bertz CT molecular complexity index is 545. The minimum absolute atomic E-state index is 0.417. The fourth-order valence-corrected chi connectivity index (χ4v) is 2.65. The number of hydrogen-bond acceptors (Lipinski definition) is 1. The van der Waals surface area contributed by atoms with Gasteiger partial charge >= 0.3 is 0 Å². The van der Waals surface area contributed by atoms with Gasteiger partial charge in [0.15, 0.2) is 0 Å². The number of hydrogen-bond donors (Lipinski definition) is 1. The van der Waals surface area contributed by atoms with Crippen LogP contribution in [0.5, 0.6) is 0 Å². The molecule has 1 aliphatic rings. The molecule has 0 saturated carbocycles. The molecular weight excluding hydrogens is 274 g/mol. The highest BCUT2D eigenvalue weighted by atomic mass is 79.9. The first-order valence-electron chi connectivity index (χ1n) is 5.84. The topological polar surface area (TPSA) is 12.0 Å². The van der Waals surface area contributed by atoms with Crippen molar-refractivity contribution < 1.29 is 0 Å². The van der Waals surface area contributed by atoms with Gasteiger partial charge in [0, 0.05) is 10.2 Å². The second-order valence-electron chi connectivity index (χ2n) is 4.61. The van der Waals surface area contributed by atoms with Crippen LogP contribution in [0, 0.1) is 6.92 Å². The van der Waals surface area contributed by atoms with Crippen molar-refractivity contribution in [3.05, 3.63) is 63.6 Å². The summed E-state index contributed by atoms with van der Waals surface area (Å²) in [4.78, 5) is 0. The Morgan fingerprint density at radius 3 is 2.65 bits per heavy atom. The lowest BCUT2D eigenvalue weighted by Gasteiger charge is -2.11. The Labute approximate surface area is 110 Å². The van der Waals surface area contributed by atoms with Crippen molar-refractivity contribution in [1.82, 2.24) is 0 Å². The highest BCUT2D eigenvalue weighted by molar-refractivity contribution is 9.10. The van der Waals surface area contributed by atoms with Gasteiger partial charge in [-0.05, 0) is 42.7 Å². The second-order valence-corrected chi connectivity index (χ2v) is 5.53. The first-order chi connectivity index (χ1) is 8.22. The van der Waals surface area contributed by atoms with Gasteiger partial charge in [-0.15, -0.1) is 0 Å². The number of aryl methyl sites for hydroxylation is 1. The Balaban J connectivity index is 1.88. The van der Waals surface area contributed by atoms with E-state index in [9.17, 15) is 0 Å². The first kappa shape index (κ1) is 10.8. The summed E-state index contributed by atoms with van der Waals surface area (Å²) in [5.41, 5.74) is 5.39. The van der Waals surface area contributed by atoms with Crippen LogP contribution in [0.4, 0.5) is 5.69 Å². The smallest absolute Gasteiger partial charge is 0.0555 e. The van der Waals surface area contributed by atoms with Crippen molar-refractivity contribution in [3.8, 4) is 0 Å². The van der Waals surface area contributed by atoms with Crippen molar-refractivity contribution in [2.24, 2.45) is 0 Å². The van der Waals surface area contributed by atoms with Crippen LogP contribution >= 0.6 is 15.9 Å². The molecule has 3 rings (SSSR count). The van der Waals surface area contributed by atoms with Crippen molar-refractivity contribution in [3.63, 3.8) is 0 Å². The molecule has 1 N–H and O–H groups in total. The van der Waals surface area contributed by atoms with E-state index < -0.39 is 0 Å². The molecule has 1 nitrogen and oxygen atoms in total. The summed E-state index contributed by atoms with van der Waals surface area (Å²) in [6.45, 7) is 2.15. The number of halogens is 1. The quantitative estimate of drug-likeness (QED) is 0.816. The van der Waals surface area contributed by atoms with Gasteiger partial charge in [0.05, 0.1) is 6.04 Å². The zero-order chi connectivity index (χ0) is 11.8. The summed E-state index contributed by atoms with van der Waals surface area (Å²) in [5.74, 6) is 0. The molecule has 1 unspecified atom stereocenters. The molecule has 2 aromatic rings. The maximum absolute atomic E-state index is 3.58. The van der Waals surface area contributed by atoms with Crippen LogP contribution in [-0.4, -0.2) is 0 Å². The standard InChI is InChI=1S/C15H14BrN/c1-10-2-7-14-12(8-10)9-15(17-14)11-3-5-13(16)6-4-11/h2-8,15,17H,9H2,1H3. The van der Waals surface area contributed by atoms with E-state index in [1.54, 1.807) is 0 Å². The van der Waals surface area contributed by atoms with Crippen molar-refractivity contribution >= 4 is 21.6 Å². The molecule has 0 aliphatic carbocycles. The minimum atomic E-state index is 0.417. The lowest BCUT2D eigenvalue weighted by atomic mass is 10.0. The maximum atomic E-state index is 3.58. The van der Waals surface area contributed by atoms with E-state index in [0.717, 1.165) is 10.9 Å². The van der Waals surface area contributed by atoms with Crippen LogP contribution in [-0.2, 0) is 6.42 Å². The summed E-state index contributed by atoms with van der Waals surface area (Å²) in [5, 5.41) is 3.58. The molecule has 1 atom stereocenters. The van der Waals surface area contributed by atoms with E-state index in [2.05, 4.69) is 70.6 Å². The molecule has 2 heteroatoms. The summed E-state index contributed by atoms with van der Waals surface area (Å²) >= 11 is 3.47. The molecule has 0 saturated heterocycles. The van der Waals surface area contributed by atoms with Crippen molar-refractivity contribution in [1.29, 1.82) is 0 Å². The summed E-state index contributed by atoms with van der Waals surface area (Å²) in [7, 11) is 0. The molecule has 17 heavy (non-hydrogen) atoms. The monoisotopic (exact) mass is 287 g/mol. The minimum Gasteiger partial charge on any atom is -0.378 e. The van der Waals surface area contributed by atoms with Crippen LogP contribution in [0.3, 0.4) is 0 Å². The molecule has 1 heterocycles. The third-order valence-corrected chi connectivity index (χ3v) is 3.82. The molecule has 0 bridgehead atoms. The zero-order valence-corrected chi connectivity index (χ0v) is 11.3. The van der Waals surface area contributed by atoms with E-state index in [0.29, 0.717) is 6.04 Å². The normalized spacial score (nSPS) is 17.6. The van der Waals surface area contributed by atoms with E-state index in [4.69, 9.17) is 0 Å². The number of fused-ring (bicyclic) bond motifs is 1. The molecule has 1 aliphatic heterocycles. The van der Waals surface area contributed by atoms with Crippen LogP contribution in [0.2, 0.25) is 0 Å². The van der Waals surface area contributed by atoms with Gasteiger partial charge in [0.2, 0.25) is 0 Å². The number of anilines is 1. The number of nitrogens with one attached hydrogen (secondary N) is 1. The Morgan fingerprint density at radius 1 is 1.12 bits per heavy atom. The third-order valence-electron chi connectivity index (χ3n) is 3.29. The van der Waals surface area contributed by atoms with Gasteiger partial charge in [-0.25, -0.2) is 0 Å².